The molecule has 0 aliphatic rings. The fraction of sp³-hybridized carbons (Fsp3) is 0.458. The summed E-state index contributed by atoms with van der Waals surface area (Å²) in [6, 6.07) is 14.9. The molecule has 0 amide bonds. The van der Waals surface area contributed by atoms with Gasteiger partial charge in [-0.2, -0.15) is 0 Å². The van der Waals surface area contributed by atoms with Crippen LogP contribution in [0.4, 0.5) is 0 Å². The standard InChI is InChI=1S/C24H34N2O4.2ClH/c1-18(24(28)19-9-6-5-7-10-19)25-12-11-23(27)20-15-21(29-4)17-22(16-20)30-14-8-13-26(2)3;;/h5-7,9-10,15-18,24-25,28H,8,11-14H2,1-4H3;2*1H. The zero-order valence-electron chi connectivity index (χ0n) is 19.3. The van der Waals surface area contributed by atoms with Gasteiger partial charge in [-0.15, -0.1) is 0 Å². The van der Waals surface area contributed by atoms with E-state index in [1.165, 1.54) is 4.90 Å². The predicted octanol–water partition coefficient (Wildman–Crippen LogP) is -5.13. The van der Waals surface area contributed by atoms with Gasteiger partial charge in [0, 0.05) is 18.1 Å². The molecule has 32 heavy (non-hydrogen) atoms. The summed E-state index contributed by atoms with van der Waals surface area (Å²) in [6.45, 7) is 4.20. The van der Waals surface area contributed by atoms with Gasteiger partial charge in [-0.3, -0.25) is 4.79 Å². The number of ether oxygens (including phenoxy) is 2. The number of nitrogens with two attached hydrogens (primary N) is 1. The highest BCUT2D eigenvalue weighted by Crippen LogP contribution is 2.23. The summed E-state index contributed by atoms with van der Waals surface area (Å²) in [6.07, 6.45) is 0.754. The minimum absolute atomic E-state index is 0. The van der Waals surface area contributed by atoms with E-state index in [9.17, 15) is 9.90 Å². The fourth-order valence-electron chi connectivity index (χ4n) is 3.25. The van der Waals surface area contributed by atoms with Crippen LogP contribution in [0, 0.1) is 0 Å². The summed E-state index contributed by atoms with van der Waals surface area (Å²) in [7, 11) is 5.81. The summed E-state index contributed by atoms with van der Waals surface area (Å²) in [4.78, 5) is 14.1. The van der Waals surface area contributed by atoms with Crippen molar-refractivity contribution in [2.75, 3.05) is 40.9 Å². The number of methoxy groups -OCH3 is 1. The number of hydrogen-bond acceptors (Lipinski definition) is 4. The van der Waals surface area contributed by atoms with Crippen molar-refractivity contribution in [2.24, 2.45) is 0 Å². The van der Waals surface area contributed by atoms with E-state index in [1.54, 1.807) is 19.2 Å². The Morgan fingerprint density at radius 3 is 2.38 bits per heavy atom. The molecule has 0 heterocycles. The highest BCUT2D eigenvalue weighted by molar-refractivity contribution is 5.96. The Morgan fingerprint density at radius 1 is 1.09 bits per heavy atom. The van der Waals surface area contributed by atoms with E-state index in [0.29, 0.717) is 36.6 Å². The van der Waals surface area contributed by atoms with Gasteiger partial charge >= 0.3 is 0 Å². The Morgan fingerprint density at radius 2 is 1.75 bits per heavy atom. The number of hydrogen-bond donors (Lipinski definition) is 3. The van der Waals surface area contributed by atoms with Gasteiger partial charge in [0.2, 0.25) is 0 Å². The Kier molecular flexibility index (Phi) is 15.0. The Labute approximate surface area is 204 Å². The number of quaternary nitrogens is 2. The molecule has 0 aliphatic carbocycles. The molecule has 0 bridgehead atoms. The van der Waals surface area contributed by atoms with E-state index in [2.05, 4.69) is 14.1 Å². The number of aliphatic hydroxyl groups is 1. The molecule has 0 aromatic heterocycles. The lowest BCUT2D eigenvalue weighted by Crippen LogP contribution is -3.05. The van der Waals surface area contributed by atoms with E-state index in [1.807, 2.05) is 48.6 Å². The number of benzene rings is 2. The minimum atomic E-state index is -0.567. The molecule has 0 saturated carbocycles. The molecule has 0 saturated heterocycles. The van der Waals surface area contributed by atoms with Crippen LogP contribution in [0.1, 0.15) is 41.8 Å². The zero-order valence-corrected chi connectivity index (χ0v) is 20.8. The first-order valence-corrected chi connectivity index (χ1v) is 10.6. The first kappa shape index (κ1) is 30.2. The minimum Gasteiger partial charge on any atom is -1.00 e. The number of aliphatic hydroxyl groups excluding tert-OH is 1. The maximum atomic E-state index is 12.7. The van der Waals surface area contributed by atoms with Crippen molar-refractivity contribution < 1.29 is 54.4 Å². The molecule has 0 aliphatic heterocycles. The van der Waals surface area contributed by atoms with Crippen molar-refractivity contribution in [1.82, 2.24) is 0 Å². The van der Waals surface area contributed by atoms with Crippen LogP contribution in [0.25, 0.3) is 0 Å². The van der Waals surface area contributed by atoms with Crippen LogP contribution >= 0.6 is 0 Å². The second-order valence-electron chi connectivity index (χ2n) is 7.97. The van der Waals surface area contributed by atoms with Gasteiger partial charge in [-0.25, -0.2) is 0 Å². The highest BCUT2D eigenvalue weighted by atomic mass is 35.5. The molecule has 2 atom stereocenters. The van der Waals surface area contributed by atoms with Gasteiger partial charge in [-0.05, 0) is 24.6 Å². The number of carbonyl (C=O) groups excluding carboxylic acids is 1. The van der Waals surface area contributed by atoms with Crippen LogP contribution < -0.4 is 44.5 Å². The van der Waals surface area contributed by atoms with Crippen LogP contribution in [0.3, 0.4) is 0 Å². The van der Waals surface area contributed by atoms with Crippen molar-refractivity contribution in [2.45, 2.75) is 31.9 Å². The summed E-state index contributed by atoms with van der Waals surface area (Å²) < 4.78 is 11.2. The molecule has 0 spiro atoms. The second kappa shape index (κ2) is 15.9. The van der Waals surface area contributed by atoms with Crippen molar-refractivity contribution >= 4 is 5.78 Å². The van der Waals surface area contributed by atoms with Gasteiger partial charge < -0.3 is 49.6 Å². The lowest BCUT2D eigenvalue weighted by molar-refractivity contribution is -0.858. The molecule has 8 heteroatoms. The smallest absolute Gasteiger partial charge is 0.168 e. The van der Waals surface area contributed by atoms with Crippen molar-refractivity contribution in [3.63, 3.8) is 0 Å². The van der Waals surface area contributed by atoms with Gasteiger partial charge in [-0.1, -0.05) is 30.3 Å². The molecule has 180 valence electrons. The average molecular weight is 487 g/mol. The lowest BCUT2D eigenvalue weighted by atomic mass is 10.0. The largest absolute Gasteiger partial charge is 1.00 e. The molecule has 2 aromatic carbocycles. The van der Waals surface area contributed by atoms with Crippen LogP contribution in [-0.2, 0) is 0 Å². The van der Waals surface area contributed by atoms with E-state index in [0.717, 1.165) is 18.5 Å². The number of ketones is 1. The number of carbonyl (C=O) groups is 1. The lowest BCUT2D eigenvalue weighted by Gasteiger charge is -2.17. The molecule has 2 unspecified atom stereocenters. The Balaban J connectivity index is 0.00000480. The maximum absolute atomic E-state index is 12.7. The van der Waals surface area contributed by atoms with Gasteiger partial charge in [0.1, 0.15) is 23.6 Å². The quantitative estimate of drug-likeness (QED) is 0.195. The molecule has 0 fully saturated rings. The highest BCUT2D eigenvalue weighted by Gasteiger charge is 2.19. The zero-order chi connectivity index (χ0) is 21.9. The second-order valence-corrected chi connectivity index (χ2v) is 7.97. The normalized spacial score (nSPS) is 12.3. The van der Waals surface area contributed by atoms with Crippen LogP contribution in [-0.4, -0.2) is 57.8 Å². The predicted molar refractivity (Wildman–Crippen MR) is 117 cm³/mol. The number of rotatable bonds is 13. The molecule has 4 N–H and O–H groups in total. The number of nitrogens with one attached hydrogen (secondary N) is 1. The number of Topliss-reactive ketones (excluding diaryl/α,β-unsaturated/α-hetero) is 1. The first-order valence-electron chi connectivity index (χ1n) is 10.6. The van der Waals surface area contributed by atoms with Crippen molar-refractivity contribution in [1.29, 1.82) is 0 Å². The van der Waals surface area contributed by atoms with Gasteiger partial charge in [0.15, 0.2) is 5.78 Å². The monoisotopic (exact) mass is 486 g/mol. The van der Waals surface area contributed by atoms with Crippen molar-refractivity contribution in [3.05, 3.63) is 59.7 Å². The Bertz CT molecular complexity index is 791. The van der Waals surface area contributed by atoms with Gasteiger partial charge in [0.05, 0.1) is 47.3 Å². The maximum Gasteiger partial charge on any atom is 0.168 e. The molecule has 2 rings (SSSR count). The van der Waals surface area contributed by atoms with E-state index in [-0.39, 0.29) is 36.6 Å². The first-order chi connectivity index (χ1) is 14.4. The molecule has 0 radical (unpaired) electrons. The van der Waals surface area contributed by atoms with Gasteiger partial charge in [0.25, 0.3) is 0 Å². The summed E-state index contributed by atoms with van der Waals surface area (Å²) >= 11 is 0. The topological polar surface area (TPSA) is 76.8 Å². The summed E-state index contributed by atoms with van der Waals surface area (Å²) in [5.74, 6) is 1.31. The molecule has 2 aromatic rings. The van der Waals surface area contributed by atoms with E-state index >= 15 is 0 Å². The summed E-state index contributed by atoms with van der Waals surface area (Å²) in [5.41, 5.74) is 1.48. The average Bonchev–Trinajstić information content (AvgIpc) is 2.76. The third-order valence-electron chi connectivity index (χ3n) is 5.08. The van der Waals surface area contributed by atoms with E-state index < -0.39 is 6.10 Å². The Hall–Kier alpha value is -1.83. The molecular formula is C24H36Cl2N2O4. The third-order valence-corrected chi connectivity index (χ3v) is 5.08. The van der Waals surface area contributed by atoms with Crippen LogP contribution in [0.5, 0.6) is 11.5 Å². The van der Waals surface area contributed by atoms with Crippen LogP contribution in [0.15, 0.2) is 48.5 Å². The summed E-state index contributed by atoms with van der Waals surface area (Å²) in [5, 5.41) is 12.5. The molecule has 6 nitrogen and oxygen atoms in total. The van der Waals surface area contributed by atoms with Crippen LogP contribution in [0.2, 0.25) is 0 Å². The SMILES string of the molecule is COc1cc(OCCC[NH+](C)C)cc(C(=O)CC[NH2+]C(C)C(O)c2ccccc2)c1.[Cl-].[Cl-]. The third kappa shape index (κ3) is 10.2. The van der Waals surface area contributed by atoms with E-state index in [4.69, 9.17) is 9.47 Å². The molecular weight excluding hydrogens is 451 g/mol. The van der Waals surface area contributed by atoms with Crippen molar-refractivity contribution in [3.8, 4) is 11.5 Å². The fourth-order valence-corrected chi connectivity index (χ4v) is 3.25. The number of halogens is 2.